The first kappa shape index (κ1) is 16.6. The van der Waals surface area contributed by atoms with Crippen LogP contribution in [0.2, 0.25) is 0 Å². The molecule has 0 rings (SSSR count). The molecule has 0 amide bonds. The first-order valence-corrected chi connectivity index (χ1v) is 5.49. The molecule has 1 radical (unpaired) electrons. The van der Waals surface area contributed by atoms with Gasteiger partial charge in [-0.2, -0.15) is 0 Å². The zero-order chi connectivity index (χ0) is 9.45. The largest absolute Gasteiger partial charge is 0.469 e. The van der Waals surface area contributed by atoms with Crippen molar-refractivity contribution in [2.24, 2.45) is 5.73 Å². The first-order valence-electron chi connectivity index (χ1n) is 3.96. The van der Waals surface area contributed by atoms with E-state index in [1.54, 1.807) is 0 Å². The average molecular weight is 286 g/mol. The molecular weight excluding hydrogens is 270 g/mol. The predicted octanol–water partition coefficient (Wildman–Crippen LogP) is 0.612. The first-order chi connectivity index (χ1) is 5.56. The average Bonchev–Trinajstić information content (AvgIpc) is 1.94. The summed E-state index contributed by atoms with van der Waals surface area (Å²) in [4.78, 5) is 16.6. The third-order valence-corrected chi connectivity index (χ3v) is 1.88. The molecule has 0 bridgehead atoms. The normalized spacial score (nSPS) is 11.0. The van der Waals surface area contributed by atoms with E-state index in [1.807, 2.05) is 0 Å². The number of phosphoric ester groups is 1. The molecule has 0 saturated carbocycles. The van der Waals surface area contributed by atoms with Crippen molar-refractivity contribution < 1.29 is 51.6 Å². The molecule has 77 valence electrons. The molecular formula is C6H16NO4PY. The fraction of sp³-hybridized carbons (Fsp3) is 1.00. The summed E-state index contributed by atoms with van der Waals surface area (Å²) in [5.74, 6) is 0. The summed E-state index contributed by atoms with van der Waals surface area (Å²) in [6.07, 6.45) is 3.51. The molecule has 0 aromatic heterocycles. The smallest absolute Gasteiger partial charge is 0.330 e. The van der Waals surface area contributed by atoms with Crippen LogP contribution in [0.25, 0.3) is 0 Å². The van der Waals surface area contributed by atoms with Gasteiger partial charge in [0.25, 0.3) is 0 Å². The zero-order valence-corrected chi connectivity index (χ0v) is 11.3. The topological polar surface area (TPSA) is 92.8 Å². The second-order valence-corrected chi connectivity index (χ2v) is 3.77. The van der Waals surface area contributed by atoms with Crippen LogP contribution in [0.3, 0.4) is 0 Å². The molecule has 13 heavy (non-hydrogen) atoms. The minimum Gasteiger partial charge on any atom is -0.330 e. The fourth-order valence-electron chi connectivity index (χ4n) is 0.783. The van der Waals surface area contributed by atoms with E-state index in [4.69, 9.17) is 15.5 Å². The van der Waals surface area contributed by atoms with Crippen LogP contribution in [-0.4, -0.2) is 22.9 Å². The van der Waals surface area contributed by atoms with Crippen molar-refractivity contribution in [1.82, 2.24) is 0 Å². The van der Waals surface area contributed by atoms with Crippen LogP contribution in [-0.2, 0) is 41.8 Å². The Hall–Kier alpha value is 1.17. The Balaban J connectivity index is 0. The number of nitrogens with two attached hydrogens (primary N) is 1. The minimum absolute atomic E-state index is 0. The summed E-state index contributed by atoms with van der Waals surface area (Å²) in [7, 11) is -4.25. The summed E-state index contributed by atoms with van der Waals surface area (Å²) in [5.41, 5.74) is 5.26. The van der Waals surface area contributed by atoms with Crippen LogP contribution in [0, 0.1) is 0 Å². The minimum atomic E-state index is -4.25. The Morgan fingerprint density at radius 2 is 1.69 bits per heavy atom. The van der Waals surface area contributed by atoms with Gasteiger partial charge in [-0.05, 0) is 19.4 Å². The summed E-state index contributed by atoms with van der Waals surface area (Å²) in [5, 5.41) is 0. The van der Waals surface area contributed by atoms with Crippen molar-refractivity contribution in [3.63, 3.8) is 0 Å². The Kier molecular flexibility index (Phi) is 12.4. The van der Waals surface area contributed by atoms with Gasteiger partial charge in [0.1, 0.15) is 0 Å². The maximum Gasteiger partial charge on any atom is 0.469 e. The van der Waals surface area contributed by atoms with Crippen molar-refractivity contribution in [2.45, 2.75) is 25.7 Å². The van der Waals surface area contributed by atoms with Gasteiger partial charge in [0.15, 0.2) is 0 Å². The number of hydrogen-bond donors (Lipinski definition) is 3. The maximum absolute atomic E-state index is 10.2. The number of phosphoric acid groups is 1. The Morgan fingerprint density at radius 1 is 1.15 bits per heavy atom. The summed E-state index contributed by atoms with van der Waals surface area (Å²) >= 11 is 0. The van der Waals surface area contributed by atoms with E-state index in [1.165, 1.54) is 0 Å². The molecule has 0 aliphatic carbocycles. The fourth-order valence-corrected chi connectivity index (χ4v) is 1.15. The molecule has 0 unspecified atom stereocenters. The quantitative estimate of drug-likeness (QED) is 0.471. The predicted molar refractivity (Wildman–Crippen MR) is 45.5 cm³/mol. The van der Waals surface area contributed by atoms with Gasteiger partial charge in [0.05, 0.1) is 6.61 Å². The van der Waals surface area contributed by atoms with E-state index in [2.05, 4.69) is 4.52 Å². The summed E-state index contributed by atoms with van der Waals surface area (Å²) in [6, 6.07) is 0. The number of hydrogen-bond acceptors (Lipinski definition) is 3. The summed E-state index contributed by atoms with van der Waals surface area (Å²) in [6.45, 7) is 0.786. The molecule has 7 heteroatoms. The van der Waals surface area contributed by atoms with Crippen molar-refractivity contribution in [3.05, 3.63) is 0 Å². The van der Waals surface area contributed by atoms with Crippen molar-refractivity contribution in [2.75, 3.05) is 13.2 Å². The molecule has 0 aliphatic heterocycles. The Morgan fingerprint density at radius 3 is 2.15 bits per heavy atom. The monoisotopic (exact) mass is 286 g/mol. The van der Waals surface area contributed by atoms with E-state index in [9.17, 15) is 4.57 Å². The molecule has 0 saturated heterocycles. The van der Waals surface area contributed by atoms with E-state index < -0.39 is 7.82 Å². The van der Waals surface area contributed by atoms with Crippen LogP contribution in [0.1, 0.15) is 25.7 Å². The number of unbranched alkanes of at least 4 members (excludes halogenated alkanes) is 3. The van der Waals surface area contributed by atoms with Crippen LogP contribution in [0.15, 0.2) is 0 Å². The van der Waals surface area contributed by atoms with E-state index >= 15 is 0 Å². The molecule has 0 aromatic carbocycles. The van der Waals surface area contributed by atoms with Gasteiger partial charge in [0, 0.05) is 32.7 Å². The molecule has 0 fully saturated rings. The Labute approximate surface area is 104 Å². The van der Waals surface area contributed by atoms with Gasteiger partial charge in [-0.3, -0.25) is 4.52 Å². The van der Waals surface area contributed by atoms with E-state index in [0.717, 1.165) is 19.3 Å². The molecule has 4 N–H and O–H groups in total. The zero-order valence-electron chi connectivity index (χ0n) is 7.56. The van der Waals surface area contributed by atoms with Crippen LogP contribution >= 0.6 is 7.82 Å². The van der Waals surface area contributed by atoms with Crippen molar-refractivity contribution in [1.29, 1.82) is 0 Å². The standard InChI is InChI=1S/C6H16NO4P.Y/c7-5-3-1-2-4-6-11-12(8,9)10;/h1-7H2,(H2,8,9,10);. The van der Waals surface area contributed by atoms with Crippen LogP contribution in [0.5, 0.6) is 0 Å². The van der Waals surface area contributed by atoms with Gasteiger partial charge < -0.3 is 15.5 Å². The van der Waals surface area contributed by atoms with Gasteiger partial charge in [0.2, 0.25) is 0 Å². The Bertz CT molecular complexity index is 152. The van der Waals surface area contributed by atoms with Crippen LogP contribution in [0.4, 0.5) is 0 Å². The van der Waals surface area contributed by atoms with Crippen molar-refractivity contribution >= 4 is 7.82 Å². The molecule has 0 aliphatic rings. The van der Waals surface area contributed by atoms with E-state index in [0.29, 0.717) is 13.0 Å². The molecule has 0 heterocycles. The summed E-state index contributed by atoms with van der Waals surface area (Å²) < 4.78 is 14.4. The van der Waals surface area contributed by atoms with Gasteiger partial charge in [-0.25, -0.2) is 4.57 Å². The second-order valence-electron chi connectivity index (χ2n) is 2.53. The molecule has 0 atom stereocenters. The number of rotatable bonds is 7. The SMILES string of the molecule is NCCCCCCOP(=O)(O)O.[Y]. The van der Waals surface area contributed by atoms with Crippen molar-refractivity contribution in [3.8, 4) is 0 Å². The van der Waals surface area contributed by atoms with E-state index in [-0.39, 0.29) is 39.3 Å². The van der Waals surface area contributed by atoms with Gasteiger partial charge in [-0.1, -0.05) is 12.8 Å². The maximum atomic E-state index is 10.2. The van der Waals surface area contributed by atoms with Gasteiger partial charge in [-0.15, -0.1) is 0 Å². The second kappa shape index (κ2) is 9.72. The molecule has 0 aromatic rings. The molecule has 0 spiro atoms. The molecule has 5 nitrogen and oxygen atoms in total. The third-order valence-electron chi connectivity index (χ3n) is 1.36. The van der Waals surface area contributed by atoms with Crippen LogP contribution < -0.4 is 5.73 Å². The van der Waals surface area contributed by atoms with Gasteiger partial charge >= 0.3 is 7.82 Å². The third kappa shape index (κ3) is 15.9.